The van der Waals surface area contributed by atoms with E-state index in [1.165, 1.54) is 17.4 Å². The Bertz CT molecular complexity index is 1030. The molecular weight excluding hydrogens is 404 g/mol. The van der Waals surface area contributed by atoms with E-state index in [4.69, 9.17) is 0 Å². The van der Waals surface area contributed by atoms with Crippen molar-refractivity contribution in [1.82, 2.24) is 4.90 Å². The normalized spacial score (nSPS) is 11.6. The van der Waals surface area contributed by atoms with E-state index in [-0.39, 0.29) is 0 Å². The maximum atomic E-state index is 11.6. The number of nitrogens with zero attached hydrogens (tertiary/aromatic N) is 1. The van der Waals surface area contributed by atoms with Gasteiger partial charge < -0.3 is 5.32 Å². The van der Waals surface area contributed by atoms with Crippen LogP contribution in [0.3, 0.4) is 0 Å². The minimum atomic E-state index is -3.14. The van der Waals surface area contributed by atoms with Crippen LogP contribution >= 0.6 is 0 Å². The third-order valence-electron chi connectivity index (χ3n) is 5.24. The van der Waals surface area contributed by atoms with Gasteiger partial charge in [0.2, 0.25) is 0 Å². The molecule has 0 aliphatic heterocycles. The number of benzene rings is 3. The molecule has 0 saturated heterocycles. The second kappa shape index (κ2) is 11.1. The smallest absolute Gasteiger partial charge is 0.175 e. The number of anilines is 1. The first kappa shape index (κ1) is 23.0. The van der Waals surface area contributed by atoms with E-state index in [0.717, 1.165) is 50.3 Å². The van der Waals surface area contributed by atoms with Crippen LogP contribution in [0, 0.1) is 0 Å². The molecule has 3 rings (SSSR count). The van der Waals surface area contributed by atoms with Crippen LogP contribution in [-0.4, -0.2) is 32.7 Å². The molecule has 0 amide bonds. The van der Waals surface area contributed by atoms with Gasteiger partial charge in [-0.25, -0.2) is 8.42 Å². The van der Waals surface area contributed by atoms with Crippen molar-refractivity contribution < 1.29 is 8.42 Å². The summed E-state index contributed by atoms with van der Waals surface area (Å²) in [6.45, 7) is 6.00. The third-order valence-corrected chi connectivity index (χ3v) is 6.37. The van der Waals surface area contributed by atoms with Gasteiger partial charge in [-0.05, 0) is 60.3 Å². The summed E-state index contributed by atoms with van der Waals surface area (Å²) >= 11 is 0. The molecule has 0 aliphatic rings. The fourth-order valence-corrected chi connectivity index (χ4v) is 4.24. The molecule has 0 radical (unpaired) electrons. The second-order valence-corrected chi connectivity index (χ2v) is 10.0. The van der Waals surface area contributed by atoms with Crippen molar-refractivity contribution >= 4 is 15.5 Å². The van der Waals surface area contributed by atoms with E-state index < -0.39 is 9.84 Å². The largest absolute Gasteiger partial charge is 0.385 e. The second-order valence-electron chi connectivity index (χ2n) is 7.99. The van der Waals surface area contributed by atoms with Gasteiger partial charge in [0.05, 0.1) is 4.90 Å². The molecule has 31 heavy (non-hydrogen) atoms. The van der Waals surface area contributed by atoms with Gasteiger partial charge in [0.15, 0.2) is 9.84 Å². The van der Waals surface area contributed by atoms with Crippen molar-refractivity contribution in [2.45, 2.75) is 37.8 Å². The highest BCUT2D eigenvalue weighted by atomic mass is 32.2. The lowest BCUT2D eigenvalue weighted by Crippen LogP contribution is -2.23. The van der Waals surface area contributed by atoms with E-state index >= 15 is 0 Å². The van der Waals surface area contributed by atoms with Crippen LogP contribution < -0.4 is 5.32 Å². The summed E-state index contributed by atoms with van der Waals surface area (Å²) in [6, 6.07) is 26.4. The van der Waals surface area contributed by atoms with Crippen molar-refractivity contribution in [3.8, 4) is 0 Å². The SMILES string of the molecule is CCCN(Cc1ccccc1)Cc1ccc(NCCc2ccc(S(C)(=O)=O)cc2)cc1. The van der Waals surface area contributed by atoms with Crippen LogP contribution in [0.4, 0.5) is 5.69 Å². The molecule has 164 valence electrons. The topological polar surface area (TPSA) is 49.4 Å². The van der Waals surface area contributed by atoms with Crippen molar-refractivity contribution in [2.75, 3.05) is 24.7 Å². The first-order valence-corrected chi connectivity index (χ1v) is 12.7. The Morgan fingerprint density at radius 3 is 1.94 bits per heavy atom. The summed E-state index contributed by atoms with van der Waals surface area (Å²) in [7, 11) is -3.14. The average Bonchev–Trinajstić information content (AvgIpc) is 2.76. The molecular formula is C26H32N2O2S. The average molecular weight is 437 g/mol. The van der Waals surface area contributed by atoms with Gasteiger partial charge in [0.25, 0.3) is 0 Å². The Labute approximate surface area is 186 Å². The minimum Gasteiger partial charge on any atom is -0.385 e. The van der Waals surface area contributed by atoms with Crippen LogP contribution in [-0.2, 0) is 29.3 Å². The van der Waals surface area contributed by atoms with Crippen LogP contribution in [0.2, 0.25) is 0 Å². The van der Waals surface area contributed by atoms with Gasteiger partial charge in [-0.2, -0.15) is 0 Å². The van der Waals surface area contributed by atoms with Crippen molar-refractivity contribution in [2.24, 2.45) is 0 Å². The molecule has 0 unspecified atom stereocenters. The molecule has 3 aromatic rings. The van der Waals surface area contributed by atoms with Crippen LogP contribution in [0.25, 0.3) is 0 Å². The lowest BCUT2D eigenvalue weighted by molar-refractivity contribution is 0.257. The summed E-state index contributed by atoms with van der Waals surface area (Å²) in [6.07, 6.45) is 3.21. The number of rotatable bonds is 11. The first-order chi connectivity index (χ1) is 14.9. The quantitative estimate of drug-likeness (QED) is 0.451. The van der Waals surface area contributed by atoms with Gasteiger partial charge >= 0.3 is 0 Å². The van der Waals surface area contributed by atoms with Gasteiger partial charge in [0, 0.05) is 31.6 Å². The van der Waals surface area contributed by atoms with Gasteiger partial charge in [-0.15, -0.1) is 0 Å². The summed E-state index contributed by atoms with van der Waals surface area (Å²) in [4.78, 5) is 2.85. The van der Waals surface area contributed by atoms with Crippen LogP contribution in [0.5, 0.6) is 0 Å². The van der Waals surface area contributed by atoms with E-state index in [1.54, 1.807) is 12.1 Å². The van der Waals surface area contributed by atoms with E-state index in [2.05, 4.69) is 71.7 Å². The maximum Gasteiger partial charge on any atom is 0.175 e. The summed E-state index contributed by atoms with van der Waals surface area (Å²) in [5, 5.41) is 3.45. The molecule has 1 N–H and O–H groups in total. The summed E-state index contributed by atoms with van der Waals surface area (Å²) in [5.41, 5.74) is 4.87. The molecule has 0 saturated carbocycles. The Kier molecular flexibility index (Phi) is 8.27. The van der Waals surface area contributed by atoms with Gasteiger partial charge in [-0.1, -0.05) is 61.5 Å². The van der Waals surface area contributed by atoms with Crippen molar-refractivity contribution in [3.63, 3.8) is 0 Å². The minimum absolute atomic E-state index is 0.365. The lowest BCUT2D eigenvalue weighted by atomic mass is 10.1. The molecule has 0 aromatic heterocycles. The monoisotopic (exact) mass is 436 g/mol. The summed E-state index contributed by atoms with van der Waals surface area (Å²) in [5.74, 6) is 0. The standard InChI is InChI=1S/C26H32N2O2S/c1-3-19-28(20-23-7-5-4-6-8-23)21-24-9-13-25(14-10-24)27-18-17-22-11-15-26(16-12-22)31(2,29)30/h4-16,27H,3,17-21H2,1-2H3. The van der Waals surface area contributed by atoms with Crippen LogP contribution in [0.15, 0.2) is 83.8 Å². The van der Waals surface area contributed by atoms with Crippen LogP contribution in [0.1, 0.15) is 30.0 Å². The zero-order valence-corrected chi connectivity index (χ0v) is 19.2. The Balaban J connectivity index is 1.50. The summed E-state index contributed by atoms with van der Waals surface area (Å²) < 4.78 is 23.1. The fraction of sp³-hybridized carbons (Fsp3) is 0.308. The highest BCUT2D eigenvalue weighted by molar-refractivity contribution is 7.90. The Morgan fingerprint density at radius 1 is 0.774 bits per heavy atom. The highest BCUT2D eigenvalue weighted by Crippen LogP contribution is 2.15. The fourth-order valence-electron chi connectivity index (χ4n) is 3.61. The number of hydrogen-bond acceptors (Lipinski definition) is 4. The lowest BCUT2D eigenvalue weighted by Gasteiger charge is -2.22. The molecule has 0 fully saturated rings. The van der Waals surface area contributed by atoms with Crippen molar-refractivity contribution in [3.05, 3.63) is 95.6 Å². The molecule has 0 aliphatic carbocycles. The first-order valence-electron chi connectivity index (χ1n) is 10.8. The maximum absolute atomic E-state index is 11.6. The van der Waals surface area contributed by atoms with Crippen molar-refractivity contribution in [1.29, 1.82) is 0 Å². The molecule has 0 spiro atoms. The molecule has 4 nitrogen and oxygen atoms in total. The Hall–Kier alpha value is -2.63. The third kappa shape index (κ3) is 7.53. The molecule has 0 heterocycles. The molecule has 0 atom stereocenters. The zero-order valence-electron chi connectivity index (χ0n) is 18.4. The van der Waals surface area contributed by atoms with E-state index in [1.807, 2.05) is 12.1 Å². The molecule has 5 heteroatoms. The number of sulfone groups is 1. The van der Waals surface area contributed by atoms with E-state index in [0.29, 0.717) is 4.90 Å². The predicted octanol–water partition coefficient (Wildman–Crippen LogP) is 5.16. The molecule has 3 aromatic carbocycles. The Morgan fingerprint density at radius 2 is 1.35 bits per heavy atom. The highest BCUT2D eigenvalue weighted by Gasteiger charge is 2.07. The van der Waals surface area contributed by atoms with E-state index in [9.17, 15) is 8.42 Å². The van der Waals surface area contributed by atoms with Gasteiger partial charge in [0.1, 0.15) is 0 Å². The predicted molar refractivity (Wildman–Crippen MR) is 129 cm³/mol. The van der Waals surface area contributed by atoms with Gasteiger partial charge in [-0.3, -0.25) is 4.90 Å². The zero-order chi connectivity index (χ0) is 22.1. The number of hydrogen-bond donors (Lipinski definition) is 1. The number of nitrogens with one attached hydrogen (secondary N) is 1. The molecule has 0 bridgehead atoms.